The summed E-state index contributed by atoms with van der Waals surface area (Å²) in [5, 5.41) is 16.9. The highest BCUT2D eigenvalue weighted by Crippen LogP contribution is 2.37. The van der Waals surface area contributed by atoms with Crippen LogP contribution in [0.3, 0.4) is 0 Å². The zero-order chi connectivity index (χ0) is 36.8. The largest absolute Gasteiger partial charge is 0.493 e. The average molecular weight is 725 g/mol. The SMILES string of the molecule is C=C1CCC(N2C(=O)c3cccc(OCCCCn4cc(C#Cc5sc6c(c5C)C(c5ccc(C)cc5)=NCc5nnc(C)n5-6)cn4)c3C2=O)C(=O)N1. The summed E-state index contributed by atoms with van der Waals surface area (Å²) in [6.07, 6.45) is 6.01. The van der Waals surface area contributed by atoms with Crippen LogP contribution in [0.1, 0.15) is 90.7 Å². The number of ether oxygens (including phenoxy) is 1. The highest BCUT2D eigenvalue weighted by molar-refractivity contribution is 7.15. The van der Waals surface area contributed by atoms with Gasteiger partial charge >= 0.3 is 0 Å². The molecule has 0 radical (unpaired) electrons. The highest BCUT2D eigenvalue weighted by Gasteiger charge is 2.45. The van der Waals surface area contributed by atoms with Crippen molar-refractivity contribution >= 4 is 34.8 Å². The second kappa shape index (κ2) is 13.8. The molecule has 1 N–H and O–H groups in total. The Morgan fingerprint density at radius 2 is 1.83 bits per heavy atom. The van der Waals surface area contributed by atoms with E-state index in [2.05, 4.69) is 81.7 Å². The van der Waals surface area contributed by atoms with Gasteiger partial charge in [0.25, 0.3) is 11.8 Å². The lowest BCUT2D eigenvalue weighted by Crippen LogP contribution is -2.51. The van der Waals surface area contributed by atoms with E-state index in [0.717, 1.165) is 60.8 Å². The standard InChI is InChI=1S/C40H36N8O4S/c1-23-10-14-28(15-11-23)36-34-25(3)32(53-40(34)47-26(4)44-45-33(47)21-41-36)17-13-27-20-42-46(22-27)18-5-6-19-52-31-9-7-8-29-35(31)39(51)48(38(29)50)30-16-12-24(2)43-37(30)49/h7-11,14-15,20,22,30H,2,5-6,12,16,18-19,21H2,1,3-4H3,(H,43,49). The molecule has 2 aromatic carbocycles. The number of carbonyl (C=O) groups is 3. The number of benzene rings is 2. The lowest BCUT2D eigenvalue weighted by Gasteiger charge is -2.29. The molecule has 1 unspecified atom stereocenters. The number of carbonyl (C=O) groups excluding carboxylic acids is 3. The quantitative estimate of drug-likeness (QED) is 0.128. The molecule has 13 heteroatoms. The Kier molecular flexibility index (Phi) is 8.83. The fraction of sp³-hybridized carbons (Fsp3) is 0.275. The van der Waals surface area contributed by atoms with Crippen LogP contribution in [0.4, 0.5) is 0 Å². The van der Waals surface area contributed by atoms with Crippen LogP contribution in [0.5, 0.6) is 5.75 Å². The van der Waals surface area contributed by atoms with Crippen molar-refractivity contribution in [3.05, 3.63) is 123 Å². The number of thiophene rings is 1. The van der Waals surface area contributed by atoms with E-state index in [0.29, 0.717) is 50.4 Å². The van der Waals surface area contributed by atoms with Crippen molar-refractivity contribution in [3.63, 3.8) is 0 Å². The van der Waals surface area contributed by atoms with Crippen molar-refractivity contribution < 1.29 is 19.1 Å². The van der Waals surface area contributed by atoms with Crippen molar-refractivity contribution in [2.24, 2.45) is 4.99 Å². The maximum Gasteiger partial charge on any atom is 0.266 e. The minimum absolute atomic E-state index is 0.207. The minimum Gasteiger partial charge on any atom is -0.493 e. The number of hydrogen-bond donors (Lipinski definition) is 1. The molecule has 0 aliphatic carbocycles. The van der Waals surface area contributed by atoms with Gasteiger partial charge in [0.2, 0.25) is 5.91 Å². The van der Waals surface area contributed by atoms with Crippen LogP contribution < -0.4 is 10.1 Å². The van der Waals surface area contributed by atoms with Gasteiger partial charge in [-0.05, 0) is 64.2 Å². The van der Waals surface area contributed by atoms with E-state index in [-0.39, 0.29) is 11.1 Å². The Morgan fingerprint density at radius 1 is 1.00 bits per heavy atom. The van der Waals surface area contributed by atoms with E-state index in [9.17, 15) is 14.4 Å². The molecule has 12 nitrogen and oxygen atoms in total. The lowest BCUT2D eigenvalue weighted by atomic mass is 9.99. The Hall–Kier alpha value is -6.13. The molecule has 3 amide bonds. The Balaban J connectivity index is 0.916. The number of amides is 3. The second-order valence-electron chi connectivity index (χ2n) is 13.4. The fourth-order valence-electron chi connectivity index (χ4n) is 6.92. The van der Waals surface area contributed by atoms with Crippen LogP contribution in [0.15, 0.2) is 72.1 Å². The van der Waals surface area contributed by atoms with Gasteiger partial charge in [-0.2, -0.15) is 5.10 Å². The van der Waals surface area contributed by atoms with Gasteiger partial charge in [-0.25, -0.2) is 0 Å². The summed E-state index contributed by atoms with van der Waals surface area (Å²) < 4.78 is 9.97. The molecular formula is C40H36N8O4S. The molecule has 8 rings (SSSR count). The van der Waals surface area contributed by atoms with E-state index >= 15 is 0 Å². The topological polar surface area (TPSA) is 137 Å². The van der Waals surface area contributed by atoms with E-state index in [1.807, 2.05) is 17.8 Å². The molecule has 1 saturated heterocycles. The Bertz CT molecular complexity index is 2420. The summed E-state index contributed by atoms with van der Waals surface area (Å²) in [6, 6.07) is 12.5. The van der Waals surface area contributed by atoms with Crippen LogP contribution >= 0.6 is 11.3 Å². The molecule has 0 spiro atoms. The number of piperidine rings is 1. The monoisotopic (exact) mass is 724 g/mol. The van der Waals surface area contributed by atoms with Gasteiger partial charge in [-0.15, -0.1) is 21.5 Å². The number of hydrogen-bond acceptors (Lipinski definition) is 9. The summed E-state index contributed by atoms with van der Waals surface area (Å²) in [7, 11) is 0. The second-order valence-corrected chi connectivity index (χ2v) is 14.4. The van der Waals surface area contributed by atoms with Crippen molar-refractivity contribution in [3.8, 4) is 22.6 Å². The van der Waals surface area contributed by atoms with Gasteiger partial charge in [0.1, 0.15) is 29.2 Å². The smallest absolute Gasteiger partial charge is 0.266 e. The molecule has 1 atom stereocenters. The van der Waals surface area contributed by atoms with Crippen molar-refractivity contribution in [2.75, 3.05) is 6.61 Å². The number of rotatable bonds is 8. The first-order chi connectivity index (χ1) is 25.7. The number of fused-ring (bicyclic) bond motifs is 4. The first-order valence-corrected chi connectivity index (χ1v) is 18.3. The fourth-order valence-corrected chi connectivity index (χ4v) is 8.16. The minimum atomic E-state index is -0.868. The maximum atomic E-state index is 13.4. The van der Waals surface area contributed by atoms with Gasteiger partial charge in [0.15, 0.2) is 5.82 Å². The number of aliphatic imine (C=N–C) groups is 1. The van der Waals surface area contributed by atoms with Crippen molar-refractivity contribution in [1.29, 1.82) is 0 Å². The molecule has 6 heterocycles. The zero-order valence-corrected chi connectivity index (χ0v) is 30.4. The molecule has 0 bridgehead atoms. The third kappa shape index (κ3) is 6.25. The predicted octanol–water partition coefficient (Wildman–Crippen LogP) is 5.45. The summed E-state index contributed by atoms with van der Waals surface area (Å²) in [6.45, 7) is 11.4. The van der Waals surface area contributed by atoms with Crippen molar-refractivity contribution in [2.45, 2.75) is 65.6 Å². The van der Waals surface area contributed by atoms with Gasteiger partial charge in [-0.3, -0.25) is 33.5 Å². The third-order valence-electron chi connectivity index (χ3n) is 9.70. The normalized spacial score (nSPS) is 16.3. The van der Waals surface area contributed by atoms with E-state index in [1.54, 1.807) is 35.7 Å². The summed E-state index contributed by atoms with van der Waals surface area (Å²) in [5.41, 5.74) is 7.15. The number of unbranched alkanes of at least 4 members (excludes halogenated alkanes) is 1. The van der Waals surface area contributed by atoms with Crippen LogP contribution in [-0.4, -0.2) is 65.5 Å². The maximum absolute atomic E-state index is 13.4. The summed E-state index contributed by atoms with van der Waals surface area (Å²) in [5.74, 6) is 7.28. The number of aryl methyl sites for hydroxylation is 3. The summed E-state index contributed by atoms with van der Waals surface area (Å²) in [4.78, 5) is 46.1. The predicted molar refractivity (Wildman–Crippen MR) is 199 cm³/mol. The van der Waals surface area contributed by atoms with Crippen LogP contribution in [0.2, 0.25) is 0 Å². The summed E-state index contributed by atoms with van der Waals surface area (Å²) >= 11 is 1.62. The van der Waals surface area contributed by atoms with E-state index < -0.39 is 23.8 Å². The number of aromatic nitrogens is 5. The molecule has 0 saturated carbocycles. The lowest BCUT2D eigenvalue weighted by molar-refractivity contribution is -0.125. The number of nitrogens with zero attached hydrogens (tertiary/aromatic N) is 7. The first-order valence-electron chi connectivity index (χ1n) is 17.5. The van der Waals surface area contributed by atoms with Gasteiger partial charge in [0.05, 0.1) is 40.1 Å². The Labute approximate surface area is 310 Å². The number of imide groups is 1. The molecule has 3 aliphatic rings. The van der Waals surface area contributed by atoms with E-state index in [4.69, 9.17) is 9.73 Å². The molecular weight excluding hydrogens is 689 g/mol. The molecule has 5 aromatic rings. The average Bonchev–Trinajstić information content (AvgIpc) is 3.87. The van der Waals surface area contributed by atoms with Crippen LogP contribution in [-0.2, 0) is 17.9 Å². The van der Waals surface area contributed by atoms with Crippen LogP contribution in [0, 0.1) is 32.6 Å². The third-order valence-corrected chi connectivity index (χ3v) is 10.9. The first kappa shape index (κ1) is 34.0. The number of allylic oxidation sites excluding steroid dienone is 1. The van der Waals surface area contributed by atoms with Gasteiger partial charge < -0.3 is 10.1 Å². The molecule has 3 aromatic heterocycles. The Morgan fingerprint density at radius 3 is 2.64 bits per heavy atom. The van der Waals surface area contributed by atoms with Gasteiger partial charge in [-0.1, -0.05) is 54.3 Å². The van der Waals surface area contributed by atoms with Gasteiger partial charge in [0, 0.05) is 29.6 Å². The highest BCUT2D eigenvalue weighted by atomic mass is 32.1. The van der Waals surface area contributed by atoms with Crippen LogP contribution in [0.25, 0.3) is 5.00 Å². The molecule has 1 fully saturated rings. The molecule has 53 heavy (non-hydrogen) atoms. The number of nitrogens with one attached hydrogen (secondary N) is 1. The van der Waals surface area contributed by atoms with Crippen molar-refractivity contribution in [1.82, 2.24) is 34.8 Å². The molecule has 266 valence electrons. The van der Waals surface area contributed by atoms with E-state index in [1.165, 1.54) is 5.56 Å². The zero-order valence-electron chi connectivity index (χ0n) is 29.6. The molecule has 3 aliphatic heterocycles.